The quantitative estimate of drug-likeness (QED) is 0.865. The summed E-state index contributed by atoms with van der Waals surface area (Å²) < 4.78 is 0.976. The molecular formula is C12H16BrNO. The predicted octanol–water partition coefficient (Wildman–Crippen LogP) is 3.34. The molecule has 1 aromatic carbocycles. The number of benzene rings is 1. The lowest BCUT2D eigenvalue weighted by atomic mass is 9.92. The number of rotatable bonds is 2. The van der Waals surface area contributed by atoms with Crippen LogP contribution in [0.2, 0.25) is 0 Å². The average molecular weight is 270 g/mol. The van der Waals surface area contributed by atoms with Crippen LogP contribution in [0.5, 0.6) is 5.75 Å². The van der Waals surface area contributed by atoms with E-state index in [9.17, 15) is 5.11 Å². The zero-order chi connectivity index (χ0) is 10.8. The molecule has 0 spiro atoms. The van der Waals surface area contributed by atoms with E-state index in [1.54, 1.807) is 6.07 Å². The Labute approximate surface area is 98.6 Å². The molecule has 3 N–H and O–H groups in total. The van der Waals surface area contributed by atoms with Crippen LogP contribution in [0.1, 0.15) is 37.3 Å². The van der Waals surface area contributed by atoms with Gasteiger partial charge in [-0.2, -0.15) is 0 Å². The number of halogens is 1. The highest BCUT2D eigenvalue weighted by Gasteiger charge is 2.25. The molecule has 0 aliphatic heterocycles. The van der Waals surface area contributed by atoms with Gasteiger partial charge in [-0.3, -0.25) is 0 Å². The van der Waals surface area contributed by atoms with Crippen molar-refractivity contribution in [1.82, 2.24) is 0 Å². The number of nitrogens with two attached hydrogens (primary N) is 1. The molecule has 3 heteroatoms. The second kappa shape index (κ2) is 4.54. The van der Waals surface area contributed by atoms with Gasteiger partial charge in [-0.05, 0) is 37.0 Å². The van der Waals surface area contributed by atoms with E-state index in [1.165, 1.54) is 25.7 Å². The monoisotopic (exact) mass is 269 g/mol. The molecule has 15 heavy (non-hydrogen) atoms. The van der Waals surface area contributed by atoms with Gasteiger partial charge in [0.1, 0.15) is 5.75 Å². The molecule has 0 heterocycles. The second-order valence-corrected chi connectivity index (χ2v) is 5.19. The van der Waals surface area contributed by atoms with E-state index >= 15 is 0 Å². The van der Waals surface area contributed by atoms with Gasteiger partial charge < -0.3 is 10.8 Å². The summed E-state index contributed by atoms with van der Waals surface area (Å²) in [5.41, 5.74) is 7.06. The van der Waals surface area contributed by atoms with Crippen molar-refractivity contribution in [3.63, 3.8) is 0 Å². The van der Waals surface area contributed by atoms with Crippen molar-refractivity contribution in [2.45, 2.75) is 31.7 Å². The van der Waals surface area contributed by atoms with Crippen LogP contribution in [-0.4, -0.2) is 5.11 Å². The molecule has 0 amide bonds. The molecule has 0 saturated heterocycles. The van der Waals surface area contributed by atoms with Crippen molar-refractivity contribution in [2.75, 3.05) is 0 Å². The average Bonchev–Trinajstić information content (AvgIpc) is 2.74. The molecule has 1 aromatic rings. The minimum absolute atomic E-state index is 0.0231. The van der Waals surface area contributed by atoms with Crippen molar-refractivity contribution in [3.05, 3.63) is 28.2 Å². The first-order chi connectivity index (χ1) is 7.18. The zero-order valence-corrected chi connectivity index (χ0v) is 10.2. The minimum Gasteiger partial charge on any atom is -0.508 e. The van der Waals surface area contributed by atoms with Crippen LogP contribution in [0.15, 0.2) is 22.7 Å². The fraction of sp³-hybridized carbons (Fsp3) is 0.500. The third kappa shape index (κ3) is 2.34. The van der Waals surface area contributed by atoms with Gasteiger partial charge in [0, 0.05) is 16.1 Å². The summed E-state index contributed by atoms with van der Waals surface area (Å²) in [6, 6.07) is 5.44. The van der Waals surface area contributed by atoms with Crippen LogP contribution < -0.4 is 5.73 Å². The third-order valence-corrected chi connectivity index (χ3v) is 3.75. The van der Waals surface area contributed by atoms with Crippen molar-refractivity contribution in [3.8, 4) is 5.75 Å². The number of phenols is 1. The first-order valence-electron chi connectivity index (χ1n) is 5.42. The summed E-state index contributed by atoms with van der Waals surface area (Å²) in [5, 5.41) is 9.76. The molecule has 1 aliphatic carbocycles. The lowest BCUT2D eigenvalue weighted by Crippen LogP contribution is -2.19. The highest BCUT2D eigenvalue weighted by molar-refractivity contribution is 9.10. The number of phenolic OH excluding ortho intramolecular Hbond substituents is 1. The molecule has 82 valence electrons. The summed E-state index contributed by atoms with van der Waals surface area (Å²) in [7, 11) is 0. The molecule has 0 radical (unpaired) electrons. The van der Waals surface area contributed by atoms with E-state index in [2.05, 4.69) is 15.9 Å². The van der Waals surface area contributed by atoms with Gasteiger partial charge in [-0.15, -0.1) is 0 Å². The summed E-state index contributed by atoms with van der Waals surface area (Å²) in [4.78, 5) is 0. The van der Waals surface area contributed by atoms with E-state index in [0.29, 0.717) is 11.7 Å². The Hall–Kier alpha value is -0.540. The Morgan fingerprint density at radius 1 is 1.33 bits per heavy atom. The lowest BCUT2D eigenvalue weighted by Gasteiger charge is -2.20. The smallest absolute Gasteiger partial charge is 0.120 e. The van der Waals surface area contributed by atoms with Gasteiger partial charge >= 0.3 is 0 Å². The molecule has 0 aromatic heterocycles. The maximum Gasteiger partial charge on any atom is 0.120 e. The van der Waals surface area contributed by atoms with E-state index in [0.717, 1.165) is 10.0 Å². The highest BCUT2D eigenvalue weighted by Crippen LogP contribution is 2.37. The first-order valence-corrected chi connectivity index (χ1v) is 6.22. The highest BCUT2D eigenvalue weighted by atomic mass is 79.9. The molecular weight excluding hydrogens is 254 g/mol. The standard InChI is InChI=1S/C12H16BrNO/c13-9-5-6-11(15)10(7-9)12(14)8-3-1-2-4-8/h5-8,12,15H,1-4,14H2/t12-/m0/s1. The van der Waals surface area contributed by atoms with E-state index < -0.39 is 0 Å². The molecule has 1 saturated carbocycles. The molecule has 2 nitrogen and oxygen atoms in total. The molecule has 0 unspecified atom stereocenters. The van der Waals surface area contributed by atoms with Crippen LogP contribution in [0.3, 0.4) is 0 Å². The zero-order valence-electron chi connectivity index (χ0n) is 8.62. The normalized spacial score (nSPS) is 19.3. The van der Waals surface area contributed by atoms with Crippen LogP contribution in [0, 0.1) is 5.92 Å². The van der Waals surface area contributed by atoms with Gasteiger partial charge in [0.15, 0.2) is 0 Å². The van der Waals surface area contributed by atoms with E-state index in [4.69, 9.17) is 5.73 Å². The van der Waals surface area contributed by atoms with Crippen LogP contribution in [0.4, 0.5) is 0 Å². The van der Waals surface area contributed by atoms with Crippen LogP contribution in [-0.2, 0) is 0 Å². The van der Waals surface area contributed by atoms with E-state index in [-0.39, 0.29) is 6.04 Å². The summed E-state index contributed by atoms with van der Waals surface area (Å²) in [6.45, 7) is 0. The van der Waals surface area contributed by atoms with Crippen LogP contribution in [0.25, 0.3) is 0 Å². The Bertz CT molecular complexity index is 347. The topological polar surface area (TPSA) is 46.2 Å². The van der Waals surface area contributed by atoms with Gasteiger partial charge in [-0.1, -0.05) is 28.8 Å². The van der Waals surface area contributed by atoms with Crippen molar-refractivity contribution in [2.24, 2.45) is 11.7 Å². The number of hydrogen-bond acceptors (Lipinski definition) is 2. The predicted molar refractivity (Wildman–Crippen MR) is 64.7 cm³/mol. The molecule has 2 rings (SSSR count). The van der Waals surface area contributed by atoms with Crippen molar-refractivity contribution in [1.29, 1.82) is 0 Å². The summed E-state index contributed by atoms with van der Waals surface area (Å²) in [6.07, 6.45) is 4.92. The van der Waals surface area contributed by atoms with Gasteiger partial charge in [0.05, 0.1) is 0 Å². The first kappa shape index (κ1) is 11.0. The molecule has 1 atom stereocenters. The SMILES string of the molecule is N[C@H](c1cc(Br)ccc1O)C1CCCC1. The lowest BCUT2D eigenvalue weighted by molar-refractivity contribution is 0.412. The maximum absolute atomic E-state index is 9.76. The summed E-state index contributed by atoms with van der Waals surface area (Å²) >= 11 is 3.41. The molecule has 1 aliphatic rings. The van der Waals surface area contributed by atoms with Gasteiger partial charge in [-0.25, -0.2) is 0 Å². The van der Waals surface area contributed by atoms with Gasteiger partial charge in [0.25, 0.3) is 0 Å². The fourth-order valence-corrected chi connectivity index (χ4v) is 2.74. The van der Waals surface area contributed by atoms with Gasteiger partial charge in [0.2, 0.25) is 0 Å². The summed E-state index contributed by atoms with van der Waals surface area (Å²) in [5.74, 6) is 0.850. The minimum atomic E-state index is -0.0231. The number of hydrogen-bond donors (Lipinski definition) is 2. The molecule has 0 bridgehead atoms. The van der Waals surface area contributed by atoms with Crippen molar-refractivity contribution >= 4 is 15.9 Å². The Kier molecular flexibility index (Phi) is 3.32. The Morgan fingerprint density at radius 2 is 2.00 bits per heavy atom. The fourth-order valence-electron chi connectivity index (χ4n) is 2.36. The van der Waals surface area contributed by atoms with E-state index in [1.807, 2.05) is 12.1 Å². The second-order valence-electron chi connectivity index (χ2n) is 4.27. The Balaban J connectivity index is 2.23. The molecule has 1 fully saturated rings. The van der Waals surface area contributed by atoms with Crippen molar-refractivity contribution < 1.29 is 5.11 Å². The number of aromatic hydroxyl groups is 1. The van der Waals surface area contributed by atoms with Crippen LogP contribution >= 0.6 is 15.9 Å². The third-order valence-electron chi connectivity index (χ3n) is 3.26. The largest absolute Gasteiger partial charge is 0.508 e. The maximum atomic E-state index is 9.76. The Morgan fingerprint density at radius 3 is 2.67 bits per heavy atom.